The Morgan fingerprint density at radius 3 is 1.46 bits per heavy atom. The molecule has 2 heteroatoms. The fourth-order valence-electron chi connectivity index (χ4n) is 3.62. The smallest absolute Gasteiger partial charge is 0.0465 e. The van der Waals surface area contributed by atoms with Crippen molar-refractivity contribution < 1.29 is 5.11 Å². The van der Waals surface area contributed by atoms with Crippen LogP contribution in [0, 0.1) is 41.5 Å². The van der Waals surface area contributed by atoms with Crippen LogP contribution in [0.3, 0.4) is 0 Å². The van der Waals surface area contributed by atoms with Crippen molar-refractivity contribution in [2.24, 2.45) is 0 Å². The lowest BCUT2D eigenvalue weighted by Crippen LogP contribution is -2.20. The van der Waals surface area contributed by atoms with E-state index in [4.69, 9.17) is 5.11 Å². The van der Waals surface area contributed by atoms with Crippen LogP contribution >= 0.6 is 7.92 Å². The molecule has 0 radical (unpaired) electrons. The Kier molecular flexibility index (Phi) is 6.38. The Bertz CT molecular complexity index is 655. The van der Waals surface area contributed by atoms with E-state index in [1.54, 1.807) is 0 Å². The van der Waals surface area contributed by atoms with E-state index >= 15 is 0 Å². The molecule has 0 bridgehead atoms. The molecule has 0 saturated carbocycles. The lowest BCUT2D eigenvalue weighted by Gasteiger charge is -2.24. The van der Waals surface area contributed by atoms with Gasteiger partial charge < -0.3 is 5.11 Å². The van der Waals surface area contributed by atoms with Gasteiger partial charge in [-0.05, 0) is 88.7 Å². The van der Waals surface area contributed by atoms with Gasteiger partial charge in [0.15, 0.2) is 0 Å². The van der Waals surface area contributed by atoms with E-state index in [-0.39, 0.29) is 6.61 Å². The van der Waals surface area contributed by atoms with Crippen LogP contribution in [0.15, 0.2) is 36.2 Å². The maximum atomic E-state index is 9.17. The number of hydrogen-bond donors (Lipinski definition) is 1. The predicted molar refractivity (Wildman–Crippen MR) is 108 cm³/mol. The molecule has 0 fully saturated rings. The van der Waals surface area contributed by atoms with E-state index in [0.29, 0.717) is 6.42 Å². The summed E-state index contributed by atoms with van der Waals surface area (Å²) in [6.45, 7) is 13.4. The Hall–Kier alpha value is -1.43. The molecule has 0 atom stereocenters. The molecule has 0 saturated heterocycles. The van der Waals surface area contributed by atoms with Gasteiger partial charge in [0.05, 0.1) is 0 Å². The minimum absolute atomic E-state index is 0.206. The zero-order valence-electron chi connectivity index (χ0n) is 15.8. The van der Waals surface area contributed by atoms with Crippen molar-refractivity contribution in [1.82, 2.24) is 0 Å². The Morgan fingerprint density at radius 1 is 0.750 bits per heavy atom. The van der Waals surface area contributed by atoms with Crippen molar-refractivity contribution in [1.29, 1.82) is 0 Å². The van der Waals surface area contributed by atoms with E-state index < -0.39 is 7.92 Å². The van der Waals surface area contributed by atoms with Gasteiger partial charge in [0.25, 0.3) is 0 Å². The average molecular weight is 340 g/mol. The van der Waals surface area contributed by atoms with Gasteiger partial charge in [0.1, 0.15) is 0 Å². The highest BCUT2D eigenvalue weighted by molar-refractivity contribution is 7.76. The first-order chi connectivity index (χ1) is 11.3. The topological polar surface area (TPSA) is 20.2 Å². The van der Waals surface area contributed by atoms with E-state index in [0.717, 1.165) is 0 Å². The summed E-state index contributed by atoms with van der Waals surface area (Å²) in [5, 5.41) is 12.1. The highest BCUT2D eigenvalue weighted by Gasteiger charge is 2.19. The molecule has 0 unspecified atom stereocenters. The monoisotopic (exact) mass is 340 g/mol. The fourth-order valence-corrected chi connectivity index (χ4v) is 6.28. The molecule has 0 aliphatic carbocycles. The minimum atomic E-state index is -0.562. The first-order valence-electron chi connectivity index (χ1n) is 8.57. The van der Waals surface area contributed by atoms with Crippen molar-refractivity contribution >= 4 is 18.5 Å². The molecular weight excluding hydrogens is 311 g/mol. The van der Waals surface area contributed by atoms with Gasteiger partial charge in [-0.15, -0.1) is 0 Å². The normalized spacial score (nSPS) is 11.7. The van der Waals surface area contributed by atoms with E-state index in [9.17, 15) is 0 Å². The first kappa shape index (κ1) is 18.9. The maximum Gasteiger partial charge on any atom is 0.0465 e. The van der Waals surface area contributed by atoms with E-state index in [1.165, 1.54) is 44.0 Å². The molecule has 0 aliphatic rings. The lowest BCUT2D eigenvalue weighted by atomic mass is 10.1. The molecule has 0 heterocycles. The summed E-state index contributed by atoms with van der Waals surface area (Å²) < 4.78 is 0. The molecule has 0 amide bonds. The largest absolute Gasteiger partial charge is 0.396 e. The average Bonchev–Trinajstić information content (AvgIpc) is 2.44. The molecule has 2 aromatic rings. The van der Waals surface area contributed by atoms with Crippen LogP contribution in [-0.2, 0) is 0 Å². The molecule has 2 rings (SSSR count). The van der Waals surface area contributed by atoms with Crippen molar-refractivity contribution in [2.45, 2.75) is 48.0 Å². The van der Waals surface area contributed by atoms with Crippen LogP contribution < -0.4 is 10.6 Å². The summed E-state index contributed by atoms with van der Waals surface area (Å²) in [5.74, 6) is 2.33. The third kappa shape index (κ3) is 4.15. The van der Waals surface area contributed by atoms with Gasteiger partial charge in [-0.25, -0.2) is 0 Å². The highest BCUT2D eigenvalue weighted by atomic mass is 31.1. The van der Waals surface area contributed by atoms with Gasteiger partial charge >= 0.3 is 0 Å². The molecule has 0 aliphatic heterocycles. The highest BCUT2D eigenvalue weighted by Crippen LogP contribution is 2.40. The van der Waals surface area contributed by atoms with Crippen LogP contribution in [0.4, 0.5) is 0 Å². The van der Waals surface area contributed by atoms with Gasteiger partial charge in [-0.3, -0.25) is 0 Å². The summed E-state index contributed by atoms with van der Waals surface area (Å²) in [6.07, 6.45) is 2.86. The number of hydrogen-bond acceptors (Lipinski definition) is 1. The van der Waals surface area contributed by atoms with Crippen molar-refractivity contribution in [2.75, 3.05) is 6.61 Å². The lowest BCUT2D eigenvalue weighted by molar-refractivity contribution is 0.302. The van der Waals surface area contributed by atoms with E-state index in [1.807, 2.05) is 0 Å². The van der Waals surface area contributed by atoms with Crippen LogP contribution in [-0.4, -0.2) is 11.7 Å². The number of aliphatic hydroxyl groups excluding tert-OH is 1. The zero-order valence-corrected chi connectivity index (χ0v) is 16.7. The number of benzene rings is 2. The van der Waals surface area contributed by atoms with Crippen LogP contribution in [0.1, 0.15) is 39.8 Å². The predicted octanol–water partition coefficient (Wildman–Crippen LogP) is 4.87. The Labute approximate surface area is 148 Å². The van der Waals surface area contributed by atoms with Gasteiger partial charge in [0.2, 0.25) is 0 Å². The van der Waals surface area contributed by atoms with Crippen LogP contribution in [0.5, 0.6) is 0 Å². The maximum absolute atomic E-state index is 9.17. The van der Waals surface area contributed by atoms with Crippen molar-refractivity contribution in [3.8, 4) is 0 Å². The van der Waals surface area contributed by atoms with Gasteiger partial charge in [-0.2, -0.15) is 0 Å². The van der Waals surface area contributed by atoms with Gasteiger partial charge in [0, 0.05) is 6.61 Å². The molecule has 1 N–H and O–H groups in total. The molecule has 2 aromatic carbocycles. The molecule has 0 aromatic heterocycles. The quantitative estimate of drug-likeness (QED) is 0.770. The Morgan fingerprint density at radius 2 is 1.12 bits per heavy atom. The number of aryl methyl sites for hydroxylation is 6. The second-order valence-electron chi connectivity index (χ2n) is 6.76. The van der Waals surface area contributed by atoms with Crippen LogP contribution in [0.25, 0.3) is 0 Å². The van der Waals surface area contributed by atoms with Crippen molar-refractivity contribution in [3.63, 3.8) is 0 Å². The molecular formula is C22H29OP. The summed E-state index contributed by atoms with van der Waals surface area (Å²) in [5.41, 5.74) is 8.11. The fraction of sp³-hybridized carbons (Fsp3) is 0.364. The van der Waals surface area contributed by atoms with Crippen molar-refractivity contribution in [3.05, 3.63) is 69.5 Å². The third-order valence-electron chi connectivity index (χ3n) is 4.30. The summed E-state index contributed by atoms with van der Waals surface area (Å²) in [6, 6.07) is 9.15. The SMILES string of the molecule is Cc1cc(C)c(P(/C=C/CCO)c2c(C)cc(C)cc2C)c(C)c1. The van der Waals surface area contributed by atoms with E-state index in [2.05, 4.69) is 77.7 Å². The minimum Gasteiger partial charge on any atom is -0.396 e. The zero-order chi connectivity index (χ0) is 17.9. The third-order valence-corrected chi connectivity index (χ3v) is 7.19. The summed E-state index contributed by atoms with van der Waals surface area (Å²) in [4.78, 5) is 0. The molecule has 0 spiro atoms. The second-order valence-corrected chi connectivity index (χ2v) is 8.69. The Balaban J connectivity index is 2.68. The molecule has 1 nitrogen and oxygen atoms in total. The molecule has 24 heavy (non-hydrogen) atoms. The summed E-state index contributed by atoms with van der Waals surface area (Å²) >= 11 is 0. The summed E-state index contributed by atoms with van der Waals surface area (Å²) in [7, 11) is -0.562. The number of rotatable bonds is 5. The molecule has 128 valence electrons. The van der Waals surface area contributed by atoms with Crippen LogP contribution in [0.2, 0.25) is 0 Å². The standard InChI is InChI=1S/C22H29OP/c1-15-11-17(3)21(18(4)12-15)24(10-8-7-9-23)22-19(5)13-16(2)14-20(22)6/h8,10-14,23H,7,9H2,1-6H3/b10-8+. The number of aliphatic hydroxyl groups is 1. The van der Waals surface area contributed by atoms with Gasteiger partial charge in [-0.1, -0.05) is 47.3 Å². The second kappa shape index (κ2) is 8.10. The first-order valence-corrected chi connectivity index (χ1v) is 9.98.